The second-order valence-electron chi connectivity index (χ2n) is 11.6. The van der Waals surface area contributed by atoms with Gasteiger partial charge < -0.3 is 20.0 Å². The van der Waals surface area contributed by atoms with E-state index in [1.807, 2.05) is 40.9 Å². The molecule has 2 aliphatic heterocycles. The van der Waals surface area contributed by atoms with E-state index >= 15 is 0 Å². The summed E-state index contributed by atoms with van der Waals surface area (Å²) in [5.74, 6) is 1.29. The molecule has 0 unspecified atom stereocenters. The molecule has 10 nitrogen and oxygen atoms in total. The molecule has 222 valence electrons. The molecule has 6 rings (SSSR count). The molecule has 2 aromatic heterocycles. The normalized spacial score (nSPS) is 17.5. The molecule has 0 spiro atoms. The number of anilines is 3. The van der Waals surface area contributed by atoms with Crippen LogP contribution < -0.4 is 10.2 Å². The van der Waals surface area contributed by atoms with Crippen LogP contribution in [0.3, 0.4) is 0 Å². The molecule has 0 saturated carbocycles. The maximum Gasteiger partial charge on any atom is 0.245 e. The Kier molecular flexibility index (Phi) is 8.71. The number of fused-ring (bicyclic) bond motifs is 1. The van der Waals surface area contributed by atoms with Crippen molar-refractivity contribution in [2.75, 3.05) is 70.1 Å². The first-order valence-electron chi connectivity index (χ1n) is 14.7. The topological polar surface area (TPSA) is 89.3 Å². The first kappa shape index (κ1) is 28.6. The number of benzene rings is 2. The van der Waals surface area contributed by atoms with Crippen LogP contribution in [-0.4, -0.2) is 97.0 Å². The quantitative estimate of drug-likeness (QED) is 0.287. The minimum absolute atomic E-state index is 0.290. The van der Waals surface area contributed by atoms with E-state index in [2.05, 4.69) is 56.3 Å². The smallest absolute Gasteiger partial charge is 0.245 e. The van der Waals surface area contributed by atoms with Gasteiger partial charge in [-0.05, 0) is 67.8 Å². The Hall–Kier alpha value is -3.51. The Balaban J connectivity index is 1.10. The molecule has 4 aromatic rings. The summed E-state index contributed by atoms with van der Waals surface area (Å²) in [7, 11) is 1.14. The lowest BCUT2D eigenvalue weighted by atomic mass is 9.95. The van der Waals surface area contributed by atoms with Gasteiger partial charge in [0, 0.05) is 76.3 Å². The Bertz CT molecular complexity index is 1560. The maximum absolute atomic E-state index is 11.5. The molecule has 0 bridgehead atoms. The third-order valence-corrected chi connectivity index (χ3v) is 9.28. The van der Waals surface area contributed by atoms with Crippen molar-refractivity contribution in [1.82, 2.24) is 28.7 Å². The Morgan fingerprint density at radius 3 is 2.40 bits per heavy atom. The van der Waals surface area contributed by atoms with Gasteiger partial charge in [-0.1, -0.05) is 24.3 Å². The van der Waals surface area contributed by atoms with Crippen molar-refractivity contribution in [2.45, 2.75) is 19.4 Å². The number of nitrogens with zero attached hydrogens (tertiary/aromatic N) is 7. The van der Waals surface area contributed by atoms with Crippen molar-refractivity contribution in [3.8, 4) is 11.3 Å². The van der Waals surface area contributed by atoms with E-state index in [9.17, 15) is 8.42 Å². The van der Waals surface area contributed by atoms with Crippen molar-refractivity contribution in [3.05, 3.63) is 72.4 Å². The summed E-state index contributed by atoms with van der Waals surface area (Å²) < 4.78 is 26.1. The number of piperidine rings is 1. The monoisotopic (exact) mass is 588 g/mol. The lowest BCUT2D eigenvalue weighted by Gasteiger charge is -2.38. The largest absolute Gasteiger partial charge is 0.372 e. The summed E-state index contributed by atoms with van der Waals surface area (Å²) in [5.41, 5.74) is 5.77. The van der Waals surface area contributed by atoms with Gasteiger partial charge in [0.2, 0.25) is 16.8 Å². The number of nitrogens with one attached hydrogen (secondary N) is 1. The SMILES string of the molecule is CN1CCN(CC2CCN(c3ccc(Nc4ncc5ccc(-c6ccccc6CN(C)[SH](=O)=O)n5n4)cc3)CC2)CC1. The van der Waals surface area contributed by atoms with E-state index in [0.717, 1.165) is 47.0 Å². The fraction of sp³-hybridized carbons (Fsp3) is 0.419. The van der Waals surface area contributed by atoms with Crippen molar-refractivity contribution >= 4 is 33.7 Å². The number of rotatable bonds is 9. The summed E-state index contributed by atoms with van der Waals surface area (Å²) in [4.78, 5) is 12.1. The Morgan fingerprint density at radius 1 is 0.929 bits per heavy atom. The highest BCUT2D eigenvalue weighted by Crippen LogP contribution is 2.28. The van der Waals surface area contributed by atoms with Gasteiger partial charge in [0.05, 0.1) is 17.4 Å². The molecule has 42 heavy (non-hydrogen) atoms. The van der Waals surface area contributed by atoms with Crippen LogP contribution in [0.2, 0.25) is 0 Å². The predicted molar refractivity (Wildman–Crippen MR) is 169 cm³/mol. The third-order valence-electron chi connectivity index (χ3n) is 8.59. The van der Waals surface area contributed by atoms with Crippen LogP contribution in [0.5, 0.6) is 0 Å². The standard InChI is InChI=1S/C31H40N8O2S/c1-35-17-19-37(20-18-35)22-24-13-15-38(16-14-24)27-9-7-26(8-10-27)33-31-32-21-28-11-12-30(39(28)34-31)29-6-4-3-5-25(29)23-36(2)42(40)41/h3-12,21,24,42H,13-20,22-23H2,1-2H3,(H,33,34). The van der Waals surface area contributed by atoms with Crippen molar-refractivity contribution in [1.29, 1.82) is 0 Å². The van der Waals surface area contributed by atoms with E-state index in [1.54, 1.807) is 13.2 Å². The average molecular weight is 589 g/mol. The van der Waals surface area contributed by atoms with E-state index in [-0.39, 0.29) is 0 Å². The molecule has 2 aliphatic rings. The lowest BCUT2D eigenvalue weighted by molar-refractivity contribution is 0.129. The Morgan fingerprint density at radius 2 is 1.67 bits per heavy atom. The fourth-order valence-corrected chi connectivity index (χ4v) is 6.30. The van der Waals surface area contributed by atoms with Crippen molar-refractivity contribution in [2.24, 2.45) is 5.92 Å². The molecule has 11 heteroatoms. The minimum atomic E-state index is -2.65. The average Bonchev–Trinajstić information content (AvgIpc) is 3.42. The zero-order valence-electron chi connectivity index (χ0n) is 24.4. The molecule has 1 N–H and O–H groups in total. The number of hydrogen-bond acceptors (Lipinski definition) is 8. The van der Waals surface area contributed by atoms with Gasteiger partial charge in [0.1, 0.15) is 0 Å². The summed E-state index contributed by atoms with van der Waals surface area (Å²) in [5, 5.41) is 8.13. The van der Waals surface area contributed by atoms with Gasteiger partial charge in [-0.15, -0.1) is 5.10 Å². The summed E-state index contributed by atoms with van der Waals surface area (Å²) in [6.07, 6.45) is 4.28. The van der Waals surface area contributed by atoms with E-state index < -0.39 is 10.9 Å². The second kappa shape index (κ2) is 12.8. The Labute approximate surface area is 249 Å². The summed E-state index contributed by atoms with van der Waals surface area (Å²) in [6.45, 7) is 8.50. The summed E-state index contributed by atoms with van der Waals surface area (Å²) in [6, 6.07) is 20.3. The van der Waals surface area contributed by atoms with Crippen LogP contribution in [0.25, 0.3) is 16.8 Å². The van der Waals surface area contributed by atoms with Gasteiger partial charge in [0.25, 0.3) is 0 Å². The van der Waals surface area contributed by atoms with E-state index in [1.165, 1.54) is 55.6 Å². The summed E-state index contributed by atoms with van der Waals surface area (Å²) >= 11 is 0. The van der Waals surface area contributed by atoms with Gasteiger partial charge in [-0.3, -0.25) is 0 Å². The van der Waals surface area contributed by atoms with Crippen LogP contribution in [0.1, 0.15) is 18.4 Å². The maximum atomic E-state index is 11.5. The molecule has 4 heterocycles. The molecular weight excluding hydrogens is 548 g/mol. The number of hydrogen-bond donors (Lipinski definition) is 2. The molecule has 2 fully saturated rings. The minimum Gasteiger partial charge on any atom is -0.372 e. The predicted octanol–water partition coefficient (Wildman–Crippen LogP) is 3.56. The van der Waals surface area contributed by atoms with Crippen LogP contribution in [0, 0.1) is 5.92 Å². The van der Waals surface area contributed by atoms with Gasteiger partial charge in [0.15, 0.2) is 0 Å². The highest BCUT2D eigenvalue weighted by atomic mass is 32.2. The van der Waals surface area contributed by atoms with E-state index in [4.69, 9.17) is 5.10 Å². The van der Waals surface area contributed by atoms with Crippen LogP contribution >= 0.6 is 0 Å². The molecule has 0 aliphatic carbocycles. The molecule has 0 amide bonds. The highest BCUT2D eigenvalue weighted by Gasteiger charge is 2.23. The molecular formula is C31H40N8O2S. The first-order chi connectivity index (χ1) is 20.4. The molecule has 2 saturated heterocycles. The molecule has 0 atom stereocenters. The number of aromatic nitrogens is 3. The molecule has 2 aromatic carbocycles. The zero-order valence-corrected chi connectivity index (χ0v) is 25.3. The lowest BCUT2D eigenvalue weighted by Crippen LogP contribution is -2.47. The zero-order chi connectivity index (χ0) is 29.1. The van der Waals surface area contributed by atoms with Crippen LogP contribution in [0.15, 0.2) is 66.9 Å². The number of likely N-dealkylation sites (N-methyl/N-ethyl adjacent to an activating group) is 1. The van der Waals surface area contributed by atoms with Gasteiger partial charge in [-0.25, -0.2) is 22.2 Å². The van der Waals surface area contributed by atoms with E-state index in [0.29, 0.717) is 12.5 Å². The fourth-order valence-electron chi connectivity index (χ4n) is 6.03. The molecule has 0 radical (unpaired) electrons. The van der Waals surface area contributed by atoms with Crippen LogP contribution in [-0.2, 0) is 17.4 Å². The van der Waals surface area contributed by atoms with Crippen molar-refractivity contribution < 1.29 is 8.42 Å². The third kappa shape index (κ3) is 6.59. The number of piperazine rings is 1. The highest BCUT2D eigenvalue weighted by molar-refractivity contribution is 7.69. The second-order valence-corrected chi connectivity index (χ2v) is 12.7. The number of thiol groups is 1. The van der Waals surface area contributed by atoms with Gasteiger partial charge in [-0.2, -0.15) is 0 Å². The van der Waals surface area contributed by atoms with Gasteiger partial charge >= 0.3 is 0 Å². The van der Waals surface area contributed by atoms with Crippen LogP contribution in [0.4, 0.5) is 17.3 Å². The first-order valence-corrected chi connectivity index (χ1v) is 15.9. The van der Waals surface area contributed by atoms with Crippen molar-refractivity contribution in [3.63, 3.8) is 0 Å².